The van der Waals surface area contributed by atoms with E-state index in [4.69, 9.17) is 9.97 Å². The van der Waals surface area contributed by atoms with Crippen molar-refractivity contribution in [1.29, 1.82) is 0 Å². The second-order valence-electron chi connectivity index (χ2n) is 12.9. The standard InChI is InChI=1S/C35H42N10O/c46-32-8-4-7-29(26-5-2-1-3-6-26)33(32)30-19-31-34(41-40-30)37-22-28-24-44(17-18-45(28)31)35-38-20-27(21-39-35)43-13-9-25(10-14-43)23-42-15-11-36-12-16-42/h1-8,19-21,25,28,36,46H,9-18,22-24H2,(H,37,41)/t28-/m0/s1. The molecule has 3 saturated heterocycles. The van der Waals surface area contributed by atoms with Gasteiger partial charge < -0.3 is 35.3 Å². The molecule has 0 spiro atoms. The molecule has 0 aliphatic carbocycles. The van der Waals surface area contributed by atoms with Gasteiger partial charge in [0.1, 0.15) is 5.75 Å². The molecule has 0 unspecified atom stereocenters. The van der Waals surface area contributed by atoms with Crippen LogP contribution in [-0.2, 0) is 0 Å². The van der Waals surface area contributed by atoms with Gasteiger partial charge in [0, 0.05) is 72.0 Å². The molecule has 4 aliphatic rings. The van der Waals surface area contributed by atoms with Crippen LogP contribution in [0.3, 0.4) is 0 Å². The SMILES string of the molecule is Oc1cccc(-c2ccccc2)c1-c1cc2c(nn1)NC[C@H]1CN(c3ncc(N4CCC(CN5CCNCC5)CC4)cn3)CCN21. The maximum Gasteiger partial charge on any atom is 0.225 e. The van der Waals surface area contributed by atoms with Gasteiger partial charge in [-0.15, -0.1) is 10.2 Å². The zero-order valence-electron chi connectivity index (χ0n) is 26.2. The average Bonchev–Trinajstić information content (AvgIpc) is 3.12. The Balaban J connectivity index is 0.934. The smallest absolute Gasteiger partial charge is 0.225 e. The summed E-state index contributed by atoms with van der Waals surface area (Å²) >= 11 is 0. The van der Waals surface area contributed by atoms with Crippen LogP contribution in [0, 0.1) is 5.92 Å². The van der Waals surface area contributed by atoms with Crippen molar-refractivity contribution >= 4 is 23.1 Å². The van der Waals surface area contributed by atoms with Gasteiger partial charge in [0.05, 0.1) is 41.1 Å². The van der Waals surface area contributed by atoms with Crippen LogP contribution in [0.4, 0.5) is 23.1 Å². The van der Waals surface area contributed by atoms with Crippen molar-refractivity contribution in [2.75, 3.05) is 92.0 Å². The predicted molar refractivity (Wildman–Crippen MR) is 183 cm³/mol. The van der Waals surface area contributed by atoms with Gasteiger partial charge in [-0.1, -0.05) is 42.5 Å². The molecule has 8 rings (SSSR count). The number of phenols is 1. The van der Waals surface area contributed by atoms with Gasteiger partial charge in [0.15, 0.2) is 5.82 Å². The summed E-state index contributed by atoms with van der Waals surface area (Å²) in [5, 5.41) is 27.0. The number of hydrogen-bond acceptors (Lipinski definition) is 11. The quantitative estimate of drug-likeness (QED) is 0.295. The van der Waals surface area contributed by atoms with E-state index in [0.717, 1.165) is 92.5 Å². The number of nitrogens with one attached hydrogen (secondary N) is 2. The normalized spacial score (nSPS) is 20.6. The van der Waals surface area contributed by atoms with Gasteiger partial charge >= 0.3 is 0 Å². The van der Waals surface area contributed by atoms with Gasteiger partial charge in [0.2, 0.25) is 5.95 Å². The molecule has 4 aromatic rings. The number of piperazine rings is 2. The van der Waals surface area contributed by atoms with E-state index in [1.807, 2.05) is 54.9 Å². The van der Waals surface area contributed by atoms with E-state index >= 15 is 0 Å². The van der Waals surface area contributed by atoms with E-state index < -0.39 is 0 Å². The number of anilines is 4. The van der Waals surface area contributed by atoms with Gasteiger partial charge in [-0.2, -0.15) is 0 Å². The number of hydrogen-bond donors (Lipinski definition) is 3. The zero-order chi connectivity index (χ0) is 30.9. The number of fused-ring (bicyclic) bond motifs is 3. The van der Waals surface area contributed by atoms with Crippen LogP contribution in [0.15, 0.2) is 67.0 Å². The van der Waals surface area contributed by atoms with E-state index in [9.17, 15) is 5.11 Å². The Morgan fingerprint density at radius 3 is 2.43 bits per heavy atom. The third kappa shape index (κ3) is 5.80. The molecule has 6 heterocycles. The first kappa shape index (κ1) is 29.0. The minimum atomic E-state index is 0.195. The van der Waals surface area contributed by atoms with Crippen molar-refractivity contribution in [3.8, 4) is 28.1 Å². The number of aromatic hydroxyl groups is 1. The van der Waals surface area contributed by atoms with Gasteiger partial charge in [-0.25, -0.2) is 9.97 Å². The fraction of sp³-hybridized carbons (Fsp3) is 0.429. The van der Waals surface area contributed by atoms with E-state index in [1.54, 1.807) is 6.07 Å². The first-order valence-electron chi connectivity index (χ1n) is 16.7. The van der Waals surface area contributed by atoms with E-state index in [0.29, 0.717) is 11.3 Å². The minimum absolute atomic E-state index is 0.195. The Hall–Kier alpha value is -4.48. The molecule has 238 valence electrons. The highest BCUT2D eigenvalue weighted by molar-refractivity contribution is 5.88. The number of benzene rings is 2. The Morgan fingerprint density at radius 1 is 0.826 bits per heavy atom. The summed E-state index contributed by atoms with van der Waals surface area (Å²) in [4.78, 5) is 19.5. The third-order valence-electron chi connectivity index (χ3n) is 10.1. The van der Waals surface area contributed by atoms with Crippen LogP contribution in [0.2, 0.25) is 0 Å². The Labute approximate surface area is 270 Å². The molecule has 0 radical (unpaired) electrons. The second-order valence-corrected chi connectivity index (χ2v) is 12.9. The highest BCUT2D eigenvalue weighted by Gasteiger charge is 2.34. The Bertz CT molecular complexity index is 1640. The topological polar surface area (TPSA) is 109 Å². The zero-order valence-corrected chi connectivity index (χ0v) is 26.2. The summed E-state index contributed by atoms with van der Waals surface area (Å²) in [5.74, 6) is 2.55. The van der Waals surface area contributed by atoms with Crippen molar-refractivity contribution in [3.63, 3.8) is 0 Å². The summed E-state index contributed by atoms with van der Waals surface area (Å²) < 4.78 is 0. The van der Waals surface area contributed by atoms with Crippen LogP contribution in [0.5, 0.6) is 5.75 Å². The van der Waals surface area contributed by atoms with E-state index in [2.05, 4.69) is 46.5 Å². The summed E-state index contributed by atoms with van der Waals surface area (Å²) in [6, 6.07) is 18.0. The fourth-order valence-electron chi connectivity index (χ4n) is 7.53. The number of aromatic nitrogens is 4. The fourth-order valence-corrected chi connectivity index (χ4v) is 7.53. The molecule has 0 bridgehead atoms. The van der Waals surface area contributed by atoms with Crippen LogP contribution in [-0.4, -0.2) is 108 Å². The predicted octanol–water partition coefficient (Wildman–Crippen LogP) is 3.55. The molecule has 0 saturated carbocycles. The molecule has 3 fully saturated rings. The molecule has 11 nitrogen and oxygen atoms in total. The van der Waals surface area contributed by atoms with Crippen LogP contribution >= 0.6 is 0 Å². The highest BCUT2D eigenvalue weighted by atomic mass is 16.3. The molecule has 46 heavy (non-hydrogen) atoms. The van der Waals surface area contributed by atoms with Crippen molar-refractivity contribution in [1.82, 2.24) is 30.4 Å². The third-order valence-corrected chi connectivity index (χ3v) is 10.1. The monoisotopic (exact) mass is 618 g/mol. The first-order chi connectivity index (χ1) is 22.7. The summed E-state index contributed by atoms with van der Waals surface area (Å²) in [6.45, 7) is 11.2. The summed E-state index contributed by atoms with van der Waals surface area (Å²) in [5.41, 5.74) is 5.45. The lowest BCUT2D eigenvalue weighted by molar-refractivity contribution is 0.190. The lowest BCUT2D eigenvalue weighted by Gasteiger charge is -2.45. The summed E-state index contributed by atoms with van der Waals surface area (Å²) in [7, 11) is 0. The van der Waals surface area contributed by atoms with Crippen molar-refractivity contribution in [2.45, 2.75) is 18.9 Å². The molecular weight excluding hydrogens is 576 g/mol. The molecule has 4 aliphatic heterocycles. The maximum atomic E-state index is 11.0. The largest absolute Gasteiger partial charge is 0.507 e. The van der Waals surface area contributed by atoms with E-state index in [1.165, 1.54) is 32.5 Å². The molecule has 11 heteroatoms. The Kier molecular flexibility index (Phi) is 8.01. The lowest BCUT2D eigenvalue weighted by atomic mass is 9.95. The number of nitrogens with zero attached hydrogens (tertiary/aromatic N) is 8. The maximum absolute atomic E-state index is 11.0. The Morgan fingerprint density at radius 2 is 1.63 bits per heavy atom. The first-order valence-corrected chi connectivity index (χ1v) is 16.7. The van der Waals surface area contributed by atoms with Crippen molar-refractivity contribution in [2.24, 2.45) is 5.92 Å². The number of phenolic OH excluding ortho intramolecular Hbond substituents is 1. The number of rotatable bonds is 6. The molecular formula is C35H42N10O. The number of piperidine rings is 1. The molecule has 3 N–H and O–H groups in total. The summed E-state index contributed by atoms with van der Waals surface area (Å²) in [6.07, 6.45) is 6.48. The van der Waals surface area contributed by atoms with Gasteiger partial charge in [0.25, 0.3) is 0 Å². The van der Waals surface area contributed by atoms with Crippen LogP contribution in [0.25, 0.3) is 22.4 Å². The van der Waals surface area contributed by atoms with Crippen molar-refractivity contribution < 1.29 is 5.11 Å². The van der Waals surface area contributed by atoms with Crippen LogP contribution in [0.1, 0.15) is 12.8 Å². The second kappa shape index (κ2) is 12.7. The van der Waals surface area contributed by atoms with Gasteiger partial charge in [-0.05, 0) is 42.0 Å². The average molecular weight is 619 g/mol. The molecule has 1 atom stereocenters. The minimum Gasteiger partial charge on any atom is -0.507 e. The molecule has 0 amide bonds. The highest BCUT2D eigenvalue weighted by Crippen LogP contribution is 2.41. The van der Waals surface area contributed by atoms with Crippen molar-refractivity contribution in [3.05, 3.63) is 67.0 Å². The molecule has 2 aromatic heterocycles. The van der Waals surface area contributed by atoms with Crippen LogP contribution < -0.4 is 25.3 Å². The molecule has 2 aromatic carbocycles. The van der Waals surface area contributed by atoms with E-state index in [-0.39, 0.29) is 11.8 Å². The lowest BCUT2D eigenvalue weighted by Crippen LogP contribution is -2.58. The van der Waals surface area contributed by atoms with Gasteiger partial charge in [-0.3, -0.25) is 0 Å².